The van der Waals surface area contributed by atoms with Crippen LogP contribution in [0.25, 0.3) is 0 Å². The van der Waals surface area contributed by atoms with Crippen LogP contribution in [0.5, 0.6) is 0 Å². The first-order valence-electron chi connectivity index (χ1n) is 5.50. The first-order valence-corrected chi connectivity index (χ1v) is 5.50. The second-order valence-electron chi connectivity index (χ2n) is 4.66. The van der Waals surface area contributed by atoms with Crippen molar-refractivity contribution in [2.45, 2.75) is 12.5 Å². The monoisotopic (exact) mass is 239 g/mol. The van der Waals surface area contributed by atoms with Gasteiger partial charge in [-0.3, -0.25) is 0 Å². The number of hydrogen-bond acceptors (Lipinski definition) is 3. The highest BCUT2D eigenvalue weighted by molar-refractivity contribution is 5.79. The van der Waals surface area contributed by atoms with Gasteiger partial charge in [-0.1, -0.05) is 0 Å². The molecule has 0 saturated heterocycles. The van der Waals surface area contributed by atoms with Gasteiger partial charge in [0, 0.05) is 28.2 Å². The third kappa shape index (κ3) is 3.49. The van der Waals surface area contributed by atoms with E-state index < -0.39 is 5.60 Å². The third-order valence-electron chi connectivity index (χ3n) is 2.38. The second-order valence-corrected chi connectivity index (χ2v) is 4.66. The Morgan fingerprint density at radius 3 is 2.35 bits per heavy atom. The molecule has 0 bridgehead atoms. The Kier molecular flexibility index (Phi) is 4.17. The summed E-state index contributed by atoms with van der Waals surface area (Å²) in [6.45, 7) is 1.95. The van der Waals surface area contributed by atoms with E-state index in [0.717, 1.165) is 5.96 Å². The van der Waals surface area contributed by atoms with Crippen LogP contribution in [0, 0.1) is 0 Å². The molecular formula is C12H21N3O2. The largest absolute Gasteiger partial charge is 0.466 e. The lowest BCUT2D eigenvalue weighted by molar-refractivity contribution is 0.0433. The summed E-state index contributed by atoms with van der Waals surface area (Å²) in [5.41, 5.74) is -1.08. The van der Waals surface area contributed by atoms with Gasteiger partial charge in [-0.15, -0.1) is 0 Å². The summed E-state index contributed by atoms with van der Waals surface area (Å²) >= 11 is 0. The standard InChI is InChI=1S/C12H21N3O2/c1-12(16,10-7-6-8-17-10)9-13-11(14(2)3)15(4)5/h6-8,16H,9H2,1-5H3. The number of nitrogens with zero attached hydrogens (tertiary/aromatic N) is 3. The molecule has 17 heavy (non-hydrogen) atoms. The summed E-state index contributed by atoms with van der Waals surface area (Å²) in [7, 11) is 7.67. The average Bonchev–Trinajstić information content (AvgIpc) is 2.69. The summed E-state index contributed by atoms with van der Waals surface area (Å²) in [5.74, 6) is 1.33. The third-order valence-corrected chi connectivity index (χ3v) is 2.38. The number of aliphatic hydroxyl groups is 1. The summed E-state index contributed by atoms with van der Waals surface area (Å²) in [5, 5.41) is 10.2. The SMILES string of the molecule is CN(C)C(=NCC(C)(O)c1ccco1)N(C)C. The molecule has 1 heterocycles. The molecule has 1 aromatic heterocycles. The number of guanidine groups is 1. The summed E-state index contributed by atoms with van der Waals surface area (Å²) in [6.07, 6.45) is 1.55. The average molecular weight is 239 g/mol. The van der Waals surface area contributed by atoms with Crippen molar-refractivity contribution >= 4 is 5.96 Å². The summed E-state index contributed by atoms with van der Waals surface area (Å²) in [4.78, 5) is 8.21. The second kappa shape index (κ2) is 5.23. The smallest absolute Gasteiger partial charge is 0.195 e. The lowest BCUT2D eigenvalue weighted by Crippen LogP contribution is -2.37. The van der Waals surface area contributed by atoms with Crippen LogP contribution in [0.4, 0.5) is 0 Å². The molecule has 1 N–H and O–H groups in total. The molecule has 5 nitrogen and oxygen atoms in total. The van der Waals surface area contributed by atoms with Crippen LogP contribution in [-0.4, -0.2) is 55.6 Å². The topological polar surface area (TPSA) is 52.2 Å². The molecule has 96 valence electrons. The maximum absolute atomic E-state index is 10.2. The van der Waals surface area contributed by atoms with E-state index in [1.54, 1.807) is 25.3 Å². The van der Waals surface area contributed by atoms with Crippen molar-refractivity contribution in [2.75, 3.05) is 34.7 Å². The van der Waals surface area contributed by atoms with E-state index in [1.165, 1.54) is 0 Å². The van der Waals surface area contributed by atoms with E-state index in [0.29, 0.717) is 5.76 Å². The molecule has 0 spiro atoms. The van der Waals surface area contributed by atoms with Gasteiger partial charge < -0.3 is 19.3 Å². The van der Waals surface area contributed by atoms with E-state index in [1.807, 2.05) is 38.0 Å². The van der Waals surface area contributed by atoms with Crippen molar-refractivity contribution in [2.24, 2.45) is 4.99 Å². The van der Waals surface area contributed by atoms with Crippen LogP contribution in [0.15, 0.2) is 27.8 Å². The van der Waals surface area contributed by atoms with Crippen molar-refractivity contribution < 1.29 is 9.52 Å². The fourth-order valence-electron chi connectivity index (χ4n) is 1.57. The molecule has 0 saturated carbocycles. The van der Waals surface area contributed by atoms with Crippen LogP contribution in [-0.2, 0) is 5.60 Å². The van der Waals surface area contributed by atoms with E-state index in [4.69, 9.17) is 4.42 Å². The molecule has 0 aliphatic heterocycles. The van der Waals surface area contributed by atoms with E-state index in [9.17, 15) is 5.11 Å². The van der Waals surface area contributed by atoms with Gasteiger partial charge in [0.25, 0.3) is 0 Å². The Hall–Kier alpha value is -1.49. The van der Waals surface area contributed by atoms with Gasteiger partial charge in [-0.05, 0) is 19.1 Å². The van der Waals surface area contributed by atoms with Crippen LogP contribution in [0.2, 0.25) is 0 Å². The van der Waals surface area contributed by atoms with Crippen molar-refractivity contribution in [3.8, 4) is 0 Å². The molecule has 0 aromatic carbocycles. The van der Waals surface area contributed by atoms with Crippen LogP contribution < -0.4 is 0 Å². The molecule has 0 aliphatic carbocycles. The zero-order chi connectivity index (χ0) is 13.1. The van der Waals surface area contributed by atoms with Crippen LogP contribution in [0.1, 0.15) is 12.7 Å². The predicted molar refractivity (Wildman–Crippen MR) is 68.0 cm³/mol. The summed E-state index contributed by atoms with van der Waals surface area (Å²) < 4.78 is 5.21. The number of aliphatic imine (C=N–C) groups is 1. The van der Waals surface area contributed by atoms with Crippen molar-refractivity contribution in [1.29, 1.82) is 0 Å². The van der Waals surface area contributed by atoms with Gasteiger partial charge in [0.05, 0.1) is 12.8 Å². The first-order chi connectivity index (χ1) is 7.84. The molecule has 1 unspecified atom stereocenters. The predicted octanol–water partition coefficient (Wildman–Crippen LogP) is 0.966. The molecule has 5 heteroatoms. The number of furan rings is 1. The maximum atomic E-state index is 10.2. The van der Waals surface area contributed by atoms with Gasteiger partial charge in [-0.25, -0.2) is 4.99 Å². The number of rotatable bonds is 3. The molecular weight excluding hydrogens is 218 g/mol. The fourth-order valence-corrected chi connectivity index (χ4v) is 1.57. The Morgan fingerprint density at radius 1 is 1.35 bits per heavy atom. The normalized spacial score (nSPS) is 14.0. The molecule has 0 aliphatic rings. The van der Waals surface area contributed by atoms with Crippen LogP contribution >= 0.6 is 0 Å². The highest BCUT2D eigenvalue weighted by Crippen LogP contribution is 2.21. The Bertz CT molecular complexity index is 357. The lowest BCUT2D eigenvalue weighted by atomic mass is 10.0. The Labute approximate surface area is 102 Å². The highest BCUT2D eigenvalue weighted by Gasteiger charge is 2.26. The van der Waals surface area contributed by atoms with Crippen molar-refractivity contribution in [1.82, 2.24) is 9.80 Å². The lowest BCUT2D eigenvalue weighted by Gasteiger charge is -2.25. The van der Waals surface area contributed by atoms with Crippen molar-refractivity contribution in [3.05, 3.63) is 24.2 Å². The van der Waals surface area contributed by atoms with Gasteiger partial charge in [0.15, 0.2) is 5.96 Å². The van der Waals surface area contributed by atoms with Gasteiger partial charge in [-0.2, -0.15) is 0 Å². The van der Waals surface area contributed by atoms with Gasteiger partial charge >= 0.3 is 0 Å². The Balaban J connectivity index is 2.80. The highest BCUT2D eigenvalue weighted by atomic mass is 16.4. The minimum Gasteiger partial charge on any atom is -0.466 e. The van der Waals surface area contributed by atoms with Gasteiger partial charge in [0.1, 0.15) is 11.4 Å². The quantitative estimate of drug-likeness (QED) is 0.630. The minimum atomic E-state index is -1.08. The molecule has 0 fully saturated rings. The maximum Gasteiger partial charge on any atom is 0.195 e. The molecule has 1 rings (SSSR count). The summed E-state index contributed by atoms with van der Waals surface area (Å²) in [6, 6.07) is 3.51. The van der Waals surface area contributed by atoms with Crippen LogP contribution in [0.3, 0.4) is 0 Å². The van der Waals surface area contributed by atoms with Gasteiger partial charge in [0.2, 0.25) is 0 Å². The molecule has 0 amide bonds. The van der Waals surface area contributed by atoms with E-state index in [-0.39, 0.29) is 6.54 Å². The fraction of sp³-hybridized carbons (Fsp3) is 0.583. The molecule has 1 aromatic rings. The Morgan fingerprint density at radius 2 is 1.94 bits per heavy atom. The van der Waals surface area contributed by atoms with E-state index >= 15 is 0 Å². The molecule has 0 radical (unpaired) electrons. The zero-order valence-electron chi connectivity index (χ0n) is 11.1. The zero-order valence-corrected chi connectivity index (χ0v) is 11.1. The molecule has 1 atom stereocenters. The minimum absolute atomic E-state index is 0.256. The van der Waals surface area contributed by atoms with E-state index in [2.05, 4.69) is 4.99 Å². The number of hydrogen-bond donors (Lipinski definition) is 1. The van der Waals surface area contributed by atoms with Crippen molar-refractivity contribution in [3.63, 3.8) is 0 Å². The first kappa shape index (κ1) is 13.6.